The largest absolute Gasteiger partial charge is 0.496 e. The van der Waals surface area contributed by atoms with E-state index in [0.717, 1.165) is 24.0 Å². The van der Waals surface area contributed by atoms with Crippen LogP contribution in [0.5, 0.6) is 11.5 Å². The van der Waals surface area contributed by atoms with Crippen molar-refractivity contribution in [2.75, 3.05) is 14.2 Å². The van der Waals surface area contributed by atoms with Crippen LogP contribution in [0.4, 0.5) is 0 Å². The number of hydrogen-bond donors (Lipinski definition) is 2. The fourth-order valence-corrected chi connectivity index (χ4v) is 2.30. The van der Waals surface area contributed by atoms with E-state index >= 15 is 0 Å². The molecule has 19 heavy (non-hydrogen) atoms. The summed E-state index contributed by atoms with van der Waals surface area (Å²) < 4.78 is 10.7. The molecule has 0 saturated heterocycles. The highest BCUT2D eigenvalue weighted by Crippen LogP contribution is 2.42. The highest BCUT2D eigenvalue weighted by atomic mass is 35.5. The maximum Gasteiger partial charge on any atom is 0.127 e. The monoisotopic (exact) mass is 287 g/mol. The van der Waals surface area contributed by atoms with Crippen LogP contribution in [0, 0.1) is 12.8 Å². The van der Waals surface area contributed by atoms with Crippen molar-refractivity contribution in [2.24, 2.45) is 11.7 Å². The molecule has 0 aliphatic heterocycles. The van der Waals surface area contributed by atoms with E-state index in [1.807, 2.05) is 19.1 Å². The molecule has 1 saturated carbocycles. The Hall–Kier alpha value is -0.970. The topological polar surface area (TPSA) is 64.7 Å². The summed E-state index contributed by atoms with van der Waals surface area (Å²) in [6, 6.07) is 3.36. The summed E-state index contributed by atoms with van der Waals surface area (Å²) in [4.78, 5) is 0. The molecule has 2 atom stereocenters. The second kappa shape index (κ2) is 6.46. The Morgan fingerprint density at radius 3 is 2.05 bits per heavy atom. The first kappa shape index (κ1) is 16.1. The SMILES string of the molecule is COc1cc(C)cc(OC)c1[C@@H](N)[C@@H](O)C1CC1.Cl. The highest BCUT2D eigenvalue weighted by molar-refractivity contribution is 5.85. The summed E-state index contributed by atoms with van der Waals surface area (Å²) in [6.45, 7) is 1.97. The minimum absolute atomic E-state index is 0. The van der Waals surface area contributed by atoms with Crippen LogP contribution < -0.4 is 15.2 Å². The molecule has 2 rings (SSSR count). The smallest absolute Gasteiger partial charge is 0.127 e. The first-order valence-electron chi connectivity index (χ1n) is 6.24. The van der Waals surface area contributed by atoms with E-state index < -0.39 is 12.1 Å². The van der Waals surface area contributed by atoms with E-state index in [4.69, 9.17) is 15.2 Å². The van der Waals surface area contributed by atoms with Crippen molar-refractivity contribution in [3.63, 3.8) is 0 Å². The van der Waals surface area contributed by atoms with Crippen LogP contribution in [-0.4, -0.2) is 25.4 Å². The van der Waals surface area contributed by atoms with Crippen molar-refractivity contribution in [1.29, 1.82) is 0 Å². The van der Waals surface area contributed by atoms with Gasteiger partial charge in [-0.15, -0.1) is 12.4 Å². The number of benzene rings is 1. The molecule has 0 spiro atoms. The molecule has 108 valence electrons. The molecule has 1 fully saturated rings. The van der Waals surface area contributed by atoms with Gasteiger partial charge in [-0.3, -0.25) is 0 Å². The molecular weight excluding hydrogens is 266 g/mol. The van der Waals surface area contributed by atoms with Crippen molar-refractivity contribution in [3.05, 3.63) is 23.3 Å². The lowest BCUT2D eigenvalue weighted by Crippen LogP contribution is -2.28. The van der Waals surface area contributed by atoms with Crippen molar-refractivity contribution in [1.82, 2.24) is 0 Å². The Bertz CT molecular complexity index is 410. The van der Waals surface area contributed by atoms with Gasteiger partial charge in [0.1, 0.15) is 11.5 Å². The zero-order valence-corrected chi connectivity index (χ0v) is 12.4. The first-order chi connectivity index (χ1) is 8.58. The number of aliphatic hydroxyl groups excluding tert-OH is 1. The van der Waals surface area contributed by atoms with Gasteiger partial charge in [0.25, 0.3) is 0 Å². The summed E-state index contributed by atoms with van der Waals surface area (Å²) in [5.74, 6) is 1.67. The number of ether oxygens (including phenoxy) is 2. The van der Waals surface area contributed by atoms with Gasteiger partial charge in [-0.2, -0.15) is 0 Å². The average Bonchev–Trinajstić information content (AvgIpc) is 3.20. The predicted octanol–water partition coefficient (Wildman–Crippen LogP) is 2.20. The van der Waals surface area contributed by atoms with Crippen LogP contribution in [-0.2, 0) is 0 Å². The van der Waals surface area contributed by atoms with Crippen molar-refractivity contribution in [3.8, 4) is 11.5 Å². The fourth-order valence-electron chi connectivity index (χ4n) is 2.30. The summed E-state index contributed by atoms with van der Waals surface area (Å²) in [7, 11) is 3.21. The summed E-state index contributed by atoms with van der Waals surface area (Å²) in [6.07, 6.45) is 1.56. The number of halogens is 1. The van der Waals surface area contributed by atoms with Crippen LogP contribution in [0.3, 0.4) is 0 Å². The van der Waals surface area contributed by atoms with E-state index in [-0.39, 0.29) is 12.4 Å². The standard InChI is InChI=1S/C14H21NO3.ClH/c1-8-6-10(17-2)12(11(7-8)18-3)13(15)14(16)9-4-5-9;/h6-7,9,13-14,16H,4-5,15H2,1-3H3;1H/t13-,14+;/m1./s1. The third-order valence-corrected chi connectivity index (χ3v) is 3.49. The third-order valence-electron chi connectivity index (χ3n) is 3.49. The zero-order chi connectivity index (χ0) is 13.3. The predicted molar refractivity (Wildman–Crippen MR) is 77.2 cm³/mol. The van der Waals surface area contributed by atoms with E-state index in [1.165, 1.54) is 0 Å². The zero-order valence-electron chi connectivity index (χ0n) is 11.6. The van der Waals surface area contributed by atoms with Gasteiger partial charge in [0.05, 0.1) is 31.9 Å². The molecule has 0 bridgehead atoms. The summed E-state index contributed by atoms with van der Waals surface area (Å²) in [5.41, 5.74) is 7.97. The number of rotatable bonds is 5. The van der Waals surface area contributed by atoms with Crippen molar-refractivity contribution in [2.45, 2.75) is 31.9 Å². The number of aliphatic hydroxyl groups is 1. The molecule has 0 amide bonds. The molecule has 1 aliphatic carbocycles. The normalized spacial score (nSPS) is 17.3. The van der Waals surface area contributed by atoms with Crippen LogP contribution >= 0.6 is 12.4 Å². The summed E-state index contributed by atoms with van der Waals surface area (Å²) in [5, 5.41) is 10.2. The molecule has 0 heterocycles. The number of hydrogen-bond acceptors (Lipinski definition) is 4. The van der Waals surface area contributed by atoms with Gasteiger partial charge >= 0.3 is 0 Å². The maximum absolute atomic E-state index is 10.2. The molecule has 0 unspecified atom stereocenters. The molecule has 0 radical (unpaired) electrons. The molecule has 5 heteroatoms. The van der Waals surface area contributed by atoms with Gasteiger partial charge in [-0.25, -0.2) is 0 Å². The molecule has 1 aliphatic rings. The van der Waals surface area contributed by atoms with Crippen LogP contribution in [0.2, 0.25) is 0 Å². The Balaban J connectivity index is 0.00000180. The number of aryl methyl sites for hydroxylation is 1. The minimum atomic E-state index is -0.532. The fraction of sp³-hybridized carbons (Fsp3) is 0.571. The lowest BCUT2D eigenvalue weighted by Gasteiger charge is -2.23. The highest BCUT2D eigenvalue weighted by Gasteiger charge is 2.36. The number of nitrogens with two attached hydrogens (primary N) is 1. The molecule has 1 aromatic rings. The van der Waals surface area contributed by atoms with E-state index in [2.05, 4.69) is 0 Å². The first-order valence-corrected chi connectivity index (χ1v) is 6.24. The van der Waals surface area contributed by atoms with Gasteiger partial charge < -0.3 is 20.3 Å². The van der Waals surface area contributed by atoms with Gasteiger partial charge in [-0.05, 0) is 43.4 Å². The Labute approximate surface area is 120 Å². The van der Waals surface area contributed by atoms with E-state index in [1.54, 1.807) is 14.2 Å². The minimum Gasteiger partial charge on any atom is -0.496 e. The van der Waals surface area contributed by atoms with E-state index in [9.17, 15) is 5.11 Å². The van der Waals surface area contributed by atoms with Gasteiger partial charge in [0.15, 0.2) is 0 Å². The molecule has 1 aromatic carbocycles. The van der Waals surface area contributed by atoms with Crippen LogP contribution in [0.25, 0.3) is 0 Å². The van der Waals surface area contributed by atoms with Crippen LogP contribution in [0.1, 0.15) is 30.0 Å². The summed E-state index contributed by atoms with van der Waals surface area (Å²) >= 11 is 0. The van der Waals surface area contributed by atoms with Crippen molar-refractivity contribution >= 4 is 12.4 Å². The van der Waals surface area contributed by atoms with Gasteiger partial charge in [0, 0.05) is 0 Å². The molecule has 3 N–H and O–H groups in total. The quantitative estimate of drug-likeness (QED) is 0.871. The van der Waals surface area contributed by atoms with Gasteiger partial charge in [-0.1, -0.05) is 0 Å². The molecular formula is C14H22ClNO3. The Morgan fingerprint density at radius 1 is 1.21 bits per heavy atom. The van der Waals surface area contributed by atoms with E-state index in [0.29, 0.717) is 17.4 Å². The maximum atomic E-state index is 10.2. The lowest BCUT2D eigenvalue weighted by molar-refractivity contribution is 0.120. The lowest BCUT2D eigenvalue weighted by atomic mass is 9.96. The van der Waals surface area contributed by atoms with Crippen molar-refractivity contribution < 1.29 is 14.6 Å². The second-order valence-corrected chi connectivity index (χ2v) is 4.94. The van der Waals surface area contributed by atoms with Crippen LogP contribution in [0.15, 0.2) is 12.1 Å². The molecule has 0 aromatic heterocycles. The number of methoxy groups -OCH3 is 2. The second-order valence-electron chi connectivity index (χ2n) is 4.94. The Morgan fingerprint density at radius 2 is 1.68 bits per heavy atom. The third kappa shape index (κ3) is 3.32. The average molecular weight is 288 g/mol. The van der Waals surface area contributed by atoms with Gasteiger partial charge in [0.2, 0.25) is 0 Å². The Kier molecular flexibility index (Phi) is 5.47. The molecule has 4 nitrogen and oxygen atoms in total.